The molecule has 1 aromatic rings. The first-order valence-electron chi connectivity index (χ1n) is 6.21. The molecule has 2 heteroatoms. The fourth-order valence-corrected chi connectivity index (χ4v) is 2.60. The Morgan fingerprint density at radius 3 is 2.75 bits per heavy atom. The molecule has 2 nitrogen and oxygen atoms in total. The highest BCUT2D eigenvalue weighted by Gasteiger charge is 2.31. The van der Waals surface area contributed by atoms with E-state index in [4.69, 9.17) is 9.47 Å². The third kappa shape index (κ3) is 2.28. The maximum absolute atomic E-state index is 5.97. The zero-order valence-electron chi connectivity index (χ0n) is 9.47. The molecule has 3 unspecified atom stereocenters. The molecule has 2 fully saturated rings. The van der Waals surface area contributed by atoms with Gasteiger partial charge in [0.2, 0.25) is 0 Å². The van der Waals surface area contributed by atoms with Gasteiger partial charge in [0.05, 0.1) is 19.3 Å². The highest BCUT2D eigenvalue weighted by Crippen LogP contribution is 2.36. The van der Waals surface area contributed by atoms with Crippen molar-refractivity contribution in [1.82, 2.24) is 0 Å². The van der Waals surface area contributed by atoms with Crippen molar-refractivity contribution in [2.24, 2.45) is 0 Å². The Kier molecular flexibility index (Phi) is 2.94. The van der Waals surface area contributed by atoms with Gasteiger partial charge in [-0.2, -0.15) is 0 Å². The molecule has 1 aliphatic heterocycles. The minimum absolute atomic E-state index is 0.386. The number of ether oxygens (including phenoxy) is 2. The van der Waals surface area contributed by atoms with Gasteiger partial charge in [-0.05, 0) is 18.4 Å². The molecule has 1 saturated heterocycles. The summed E-state index contributed by atoms with van der Waals surface area (Å²) in [5, 5.41) is 0. The first-order chi connectivity index (χ1) is 7.93. The zero-order valence-corrected chi connectivity index (χ0v) is 9.47. The fraction of sp³-hybridized carbons (Fsp3) is 0.571. The van der Waals surface area contributed by atoms with Gasteiger partial charge in [-0.25, -0.2) is 0 Å². The van der Waals surface area contributed by atoms with Gasteiger partial charge in [0.15, 0.2) is 0 Å². The van der Waals surface area contributed by atoms with Crippen LogP contribution in [0.5, 0.6) is 0 Å². The summed E-state index contributed by atoms with van der Waals surface area (Å²) < 4.78 is 11.2. The third-order valence-electron chi connectivity index (χ3n) is 3.58. The standard InChI is InChI=1S/C14H18O2/c1-2-5-11(6-3-1)13-7-4-8-14(13)16-10-12-9-15-12/h1-3,5-6,12-14H,4,7-10H2. The maximum atomic E-state index is 5.97. The summed E-state index contributed by atoms with van der Waals surface area (Å²) in [7, 11) is 0. The van der Waals surface area contributed by atoms with Crippen LogP contribution in [0.3, 0.4) is 0 Å². The smallest absolute Gasteiger partial charge is 0.104 e. The van der Waals surface area contributed by atoms with E-state index in [1.165, 1.54) is 24.8 Å². The second-order valence-electron chi connectivity index (χ2n) is 4.78. The van der Waals surface area contributed by atoms with Gasteiger partial charge in [-0.1, -0.05) is 36.8 Å². The summed E-state index contributed by atoms with van der Waals surface area (Å²) in [5.74, 6) is 0.597. The van der Waals surface area contributed by atoms with E-state index < -0.39 is 0 Å². The van der Waals surface area contributed by atoms with Crippen molar-refractivity contribution in [2.75, 3.05) is 13.2 Å². The number of epoxide rings is 1. The lowest BCUT2D eigenvalue weighted by Gasteiger charge is -2.20. The summed E-state index contributed by atoms with van der Waals surface area (Å²) in [6.07, 6.45) is 4.55. The molecule has 1 aromatic carbocycles. The van der Waals surface area contributed by atoms with Crippen molar-refractivity contribution in [3.63, 3.8) is 0 Å². The average Bonchev–Trinajstić information content (AvgIpc) is 3.05. The quantitative estimate of drug-likeness (QED) is 0.725. The molecule has 16 heavy (non-hydrogen) atoms. The van der Waals surface area contributed by atoms with Crippen LogP contribution in [0.1, 0.15) is 30.7 Å². The minimum atomic E-state index is 0.386. The molecule has 0 aromatic heterocycles. The van der Waals surface area contributed by atoms with Crippen LogP contribution in [-0.2, 0) is 9.47 Å². The van der Waals surface area contributed by atoms with Crippen molar-refractivity contribution in [3.8, 4) is 0 Å². The van der Waals surface area contributed by atoms with Crippen LogP contribution in [0.25, 0.3) is 0 Å². The maximum Gasteiger partial charge on any atom is 0.104 e. The fourth-order valence-electron chi connectivity index (χ4n) is 2.60. The zero-order chi connectivity index (χ0) is 10.8. The predicted octanol–water partition coefficient (Wildman–Crippen LogP) is 2.74. The van der Waals surface area contributed by atoms with Crippen LogP contribution in [-0.4, -0.2) is 25.4 Å². The van der Waals surface area contributed by atoms with Crippen molar-refractivity contribution in [3.05, 3.63) is 35.9 Å². The van der Waals surface area contributed by atoms with E-state index in [1.807, 2.05) is 0 Å². The highest BCUT2D eigenvalue weighted by molar-refractivity contribution is 5.21. The summed E-state index contributed by atoms with van der Waals surface area (Å²) in [6, 6.07) is 10.8. The number of rotatable bonds is 4. The lowest BCUT2D eigenvalue weighted by molar-refractivity contribution is 0.0367. The molecule has 2 aliphatic rings. The van der Waals surface area contributed by atoms with Crippen LogP contribution in [0, 0.1) is 0 Å². The summed E-state index contributed by atoms with van der Waals surface area (Å²) in [4.78, 5) is 0. The van der Waals surface area contributed by atoms with Crippen LogP contribution in [0.2, 0.25) is 0 Å². The van der Waals surface area contributed by atoms with Gasteiger partial charge >= 0.3 is 0 Å². The molecule has 0 N–H and O–H groups in total. The molecule has 1 heterocycles. The van der Waals surface area contributed by atoms with Gasteiger partial charge in [0.25, 0.3) is 0 Å². The predicted molar refractivity (Wildman–Crippen MR) is 62.5 cm³/mol. The Balaban J connectivity index is 1.63. The normalized spacial score (nSPS) is 32.9. The molecule has 1 saturated carbocycles. The Morgan fingerprint density at radius 1 is 1.19 bits per heavy atom. The average molecular weight is 218 g/mol. The Labute approximate surface area is 96.6 Å². The van der Waals surface area contributed by atoms with E-state index in [0.29, 0.717) is 18.1 Å². The summed E-state index contributed by atoms with van der Waals surface area (Å²) in [6.45, 7) is 1.68. The lowest BCUT2D eigenvalue weighted by atomic mass is 9.96. The van der Waals surface area contributed by atoms with E-state index in [0.717, 1.165) is 13.2 Å². The van der Waals surface area contributed by atoms with Crippen LogP contribution < -0.4 is 0 Å². The molecular formula is C14H18O2. The van der Waals surface area contributed by atoms with Crippen LogP contribution in [0.4, 0.5) is 0 Å². The first-order valence-corrected chi connectivity index (χ1v) is 6.21. The molecule has 86 valence electrons. The molecule has 0 spiro atoms. The lowest BCUT2D eigenvalue weighted by Crippen LogP contribution is -2.19. The van der Waals surface area contributed by atoms with E-state index in [2.05, 4.69) is 30.3 Å². The third-order valence-corrected chi connectivity index (χ3v) is 3.58. The number of benzene rings is 1. The minimum Gasteiger partial charge on any atom is -0.375 e. The molecular weight excluding hydrogens is 200 g/mol. The molecule has 3 atom stereocenters. The second-order valence-corrected chi connectivity index (χ2v) is 4.78. The molecule has 0 radical (unpaired) electrons. The second kappa shape index (κ2) is 4.56. The van der Waals surface area contributed by atoms with Gasteiger partial charge in [0.1, 0.15) is 6.10 Å². The number of hydrogen-bond donors (Lipinski definition) is 0. The van der Waals surface area contributed by atoms with Gasteiger partial charge < -0.3 is 9.47 Å². The molecule has 3 rings (SSSR count). The van der Waals surface area contributed by atoms with E-state index >= 15 is 0 Å². The molecule has 0 amide bonds. The largest absolute Gasteiger partial charge is 0.375 e. The van der Waals surface area contributed by atoms with Crippen LogP contribution in [0.15, 0.2) is 30.3 Å². The van der Waals surface area contributed by atoms with Crippen LogP contribution >= 0.6 is 0 Å². The van der Waals surface area contributed by atoms with Gasteiger partial charge in [-0.3, -0.25) is 0 Å². The van der Waals surface area contributed by atoms with E-state index in [9.17, 15) is 0 Å². The Morgan fingerprint density at radius 2 is 2.00 bits per heavy atom. The van der Waals surface area contributed by atoms with Crippen molar-refractivity contribution in [1.29, 1.82) is 0 Å². The Hall–Kier alpha value is -0.860. The monoisotopic (exact) mass is 218 g/mol. The topological polar surface area (TPSA) is 21.8 Å². The Bertz CT molecular complexity index is 332. The van der Waals surface area contributed by atoms with Crippen molar-refractivity contribution in [2.45, 2.75) is 37.4 Å². The summed E-state index contributed by atoms with van der Waals surface area (Å²) in [5.41, 5.74) is 1.43. The van der Waals surface area contributed by atoms with E-state index in [1.54, 1.807) is 0 Å². The SMILES string of the molecule is c1ccc(C2CCCC2OCC2CO2)cc1. The van der Waals surface area contributed by atoms with E-state index in [-0.39, 0.29) is 0 Å². The van der Waals surface area contributed by atoms with Crippen molar-refractivity contribution >= 4 is 0 Å². The van der Waals surface area contributed by atoms with Crippen molar-refractivity contribution < 1.29 is 9.47 Å². The molecule has 0 bridgehead atoms. The first kappa shape index (κ1) is 10.3. The number of hydrogen-bond acceptors (Lipinski definition) is 2. The van der Waals surface area contributed by atoms with Gasteiger partial charge in [0, 0.05) is 5.92 Å². The molecule has 1 aliphatic carbocycles. The highest BCUT2D eigenvalue weighted by atomic mass is 16.6. The van der Waals surface area contributed by atoms with Gasteiger partial charge in [-0.15, -0.1) is 0 Å². The summed E-state index contributed by atoms with van der Waals surface area (Å²) >= 11 is 0.